The molecule has 4 heteroatoms. The number of nitrogens with zero attached hydrogens (tertiary/aromatic N) is 1. The monoisotopic (exact) mass is 290 g/mol. The SMILES string of the molecule is CC(C(=O)NC1CCCC1)n1ccc2c(Cl)cccc21. The van der Waals surface area contributed by atoms with E-state index in [-0.39, 0.29) is 11.9 Å². The van der Waals surface area contributed by atoms with Crippen molar-refractivity contribution in [3.63, 3.8) is 0 Å². The highest BCUT2D eigenvalue weighted by molar-refractivity contribution is 6.35. The van der Waals surface area contributed by atoms with Gasteiger partial charge in [-0.05, 0) is 38.0 Å². The van der Waals surface area contributed by atoms with Crippen molar-refractivity contribution in [2.45, 2.75) is 44.7 Å². The van der Waals surface area contributed by atoms with Crippen LogP contribution in [0.3, 0.4) is 0 Å². The minimum absolute atomic E-state index is 0.0920. The fourth-order valence-electron chi connectivity index (χ4n) is 3.01. The van der Waals surface area contributed by atoms with E-state index in [0.29, 0.717) is 6.04 Å². The molecule has 3 nitrogen and oxygen atoms in total. The largest absolute Gasteiger partial charge is 0.352 e. The maximum Gasteiger partial charge on any atom is 0.242 e. The zero-order valence-corrected chi connectivity index (χ0v) is 12.4. The number of carbonyl (C=O) groups excluding carboxylic acids is 1. The highest BCUT2D eigenvalue weighted by Gasteiger charge is 2.22. The Balaban J connectivity index is 1.82. The summed E-state index contributed by atoms with van der Waals surface area (Å²) in [6.07, 6.45) is 6.60. The molecule has 1 saturated carbocycles. The summed E-state index contributed by atoms with van der Waals surface area (Å²) >= 11 is 6.18. The van der Waals surface area contributed by atoms with E-state index >= 15 is 0 Å². The minimum Gasteiger partial charge on any atom is -0.352 e. The average Bonchev–Trinajstić information content (AvgIpc) is 3.07. The summed E-state index contributed by atoms with van der Waals surface area (Å²) in [6.45, 7) is 1.94. The van der Waals surface area contributed by atoms with E-state index in [1.165, 1.54) is 12.8 Å². The standard InChI is InChI=1S/C16H19ClN2O/c1-11(16(20)18-12-5-2-3-6-12)19-10-9-13-14(17)7-4-8-15(13)19/h4,7-12H,2-3,5-6H2,1H3,(H,18,20). The van der Waals surface area contributed by atoms with Gasteiger partial charge in [0.15, 0.2) is 0 Å². The first-order valence-corrected chi connectivity index (χ1v) is 7.60. The summed E-state index contributed by atoms with van der Waals surface area (Å²) in [5.41, 5.74) is 1.01. The third-order valence-corrected chi connectivity index (χ3v) is 4.54. The predicted molar refractivity (Wildman–Crippen MR) is 82.1 cm³/mol. The van der Waals surface area contributed by atoms with E-state index in [4.69, 9.17) is 11.6 Å². The summed E-state index contributed by atoms with van der Waals surface area (Å²) in [7, 11) is 0. The molecule has 1 aliphatic rings. The van der Waals surface area contributed by atoms with Crippen LogP contribution in [0.1, 0.15) is 38.6 Å². The van der Waals surface area contributed by atoms with Gasteiger partial charge in [-0.1, -0.05) is 30.5 Å². The third kappa shape index (κ3) is 2.42. The van der Waals surface area contributed by atoms with Crippen LogP contribution in [0.25, 0.3) is 10.9 Å². The van der Waals surface area contributed by atoms with Gasteiger partial charge in [0.1, 0.15) is 6.04 Å². The summed E-state index contributed by atoms with van der Waals surface area (Å²) < 4.78 is 1.99. The van der Waals surface area contributed by atoms with E-state index in [2.05, 4.69) is 5.32 Å². The molecule has 1 amide bonds. The zero-order valence-electron chi connectivity index (χ0n) is 11.6. The number of fused-ring (bicyclic) bond motifs is 1. The lowest BCUT2D eigenvalue weighted by molar-refractivity contribution is -0.124. The Labute approximate surface area is 123 Å². The smallest absolute Gasteiger partial charge is 0.242 e. The molecule has 106 valence electrons. The van der Waals surface area contributed by atoms with Crippen LogP contribution in [0, 0.1) is 0 Å². The Morgan fingerprint density at radius 3 is 2.85 bits per heavy atom. The first-order chi connectivity index (χ1) is 9.66. The highest BCUT2D eigenvalue weighted by Crippen LogP contribution is 2.27. The Bertz CT molecular complexity index is 628. The third-order valence-electron chi connectivity index (χ3n) is 4.21. The number of halogens is 1. The summed E-state index contributed by atoms with van der Waals surface area (Å²) in [6, 6.07) is 7.90. The Hall–Kier alpha value is -1.48. The van der Waals surface area contributed by atoms with Gasteiger partial charge in [0.2, 0.25) is 5.91 Å². The molecular formula is C16H19ClN2O. The second-order valence-corrected chi connectivity index (χ2v) is 5.97. The van der Waals surface area contributed by atoms with Crippen molar-refractivity contribution in [1.29, 1.82) is 0 Å². The number of carbonyl (C=O) groups is 1. The number of hydrogen-bond acceptors (Lipinski definition) is 1. The van der Waals surface area contributed by atoms with E-state index < -0.39 is 0 Å². The summed E-state index contributed by atoms with van der Waals surface area (Å²) in [5.74, 6) is 0.0920. The molecule has 1 N–H and O–H groups in total. The Kier molecular flexibility index (Phi) is 3.70. The fraction of sp³-hybridized carbons (Fsp3) is 0.438. The van der Waals surface area contributed by atoms with Crippen LogP contribution in [-0.4, -0.2) is 16.5 Å². The number of amides is 1. The lowest BCUT2D eigenvalue weighted by Crippen LogP contribution is -2.37. The second kappa shape index (κ2) is 5.49. The molecule has 1 unspecified atom stereocenters. The van der Waals surface area contributed by atoms with Gasteiger partial charge in [-0.3, -0.25) is 4.79 Å². The van der Waals surface area contributed by atoms with Gasteiger partial charge in [0, 0.05) is 22.6 Å². The Morgan fingerprint density at radius 1 is 1.35 bits per heavy atom. The molecule has 0 aliphatic heterocycles. The van der Waals surface area contributed by atoms with Gasteiger partial charge in [-0.25, -0.2) is 0 Å². The zero-order chi connectivity index (χ0) is 14.1. The van der Waals surface area contributed by atoms with Crippen molar-refractivity contribution < 1.29 is 4.79 Å². The van der Waals surface area contributed by atoms with E-state index in [9.17, 15) is 4.79 Å². The van der Waals surface area contributed by atoms with Gasteiger partial charge in [0.05, 0.1) is 5.52 Å². The number of benzene rings is 1. The van der Waals surface area contributed by atoms with Gasteiger partial charge in [0.25, 0.3) is 0 Å². The van der Waals surface area contributed by atoms with Gasteiger partial charge in [-0.15, -0.1) is 0 Å². The molecule has 0 saturated heterocycles. The summed E-state index contributed by atoms with van der Waals surface area (Å²) in [4.78, 5) is 12.4. The van der Waals surface area contributed by atoms with Crippen molar-refractivity contribution in [3.8, 4) is 0 Å². The minimum atomic E-state index is -0.216. The molecule has 1 aliphatic carbocycles. The molecule has 2 aromatic rings. The molecule has 1 heterocycles. The molecule has 1 fully saturated rings. The molecule has 0 radical (unpaired) electrons. The maximum absolute atomic E-state index is 12.4. The van der Waals surface area contributed by atoms with Crippen molar-refractivity contribution in [3.05, 3.63) is 35.5 Å². The molecule has 1 aromatic carbocycles. The number of rotatable bonds is 3. The molecule has 1 aromatic heterocycles. The Morgan fingerprint density at radius 2 is 2.10 bits per heavy atom. The topological polar surface area (TPSA) is 34.0 Å². The molecule has 20 heavy (non-hydrogen) atoms. The number of aromatic nitrogens is 1. The van der Waals surface area contributed by atoms with E-state index in [1.54, 1.807) is 0 Å². The molecule has 1 atom stereocenters. The summed E-state index contributed by atoms with van der Waals surface area (Å²) in [5, 5.41) is 4.88. The van der Waals surface area contributed by atoms with Crippen molar-refractivity contribution in [1.82, 2.24) is 9.88 Å². The van der Waals surface area contributed by atoms with Crippen molar-refractivity contribution >= 4 is 28.4 Å². The normalized spacial score (nSPS) is 17.5. The van der Waals surface area contributed by atoms with E-state index in [1.807, 2.05) is 42.0 Å². The van der Waals surface area contributed by atoms with Crippen LogP contribution in [-0.2, 0) is 4.79 Å². The lowest BCUT2D eigenvalue weighted by Gasteiger charge is -2.18. The van der Waals surface area contributed by atoms with Crippen LogP contribution >= 0.6 is 11.6 Å². The van der Waals surface area contributed by atoms with Gasteiger partial charge >= 0.3 is 0 Å². The molecule has 0 bridgehead atoms. The van der Waals surface area contributed by atoms with Gasteiger partial charge < -0.3 is 9.88 Å². The molecule has 3 rings (SSSR count). The first kappa shape index (κ1) is 13.5. The predicted octanol–water partition coefficient (Wildman–Crippen LogP) is 3.91. The first-order valence-electron chi connectivity index (χ1n) is 7.22. The average molecular weight is 291 g/mol. The van der Waals surface area contributed by atoms with E-state index in [0.717, 1.165) is 28.8 Å². The lowest BCUT2D eigenvalue weighted by atomic mass is 10.2. The van der Waals surface area contributed by atoms with Crippen LogP contribution in [0.2, 0.25) is 5.02 Å². The fourth-order valence-corrected chi connectivity index (χ4v) is 3.24. The molecular weight excluding hydrogens is 272 g/mol. The van der Waals surface area contributed by atoms with Crippen molar-refractivity contribution in [2.75, 3.05) is 0 Å². The van der Waals surface area contributed by atoms with Crippen LogP contribution in [0.15, 0.2) is 30.5 Å². The van der Waals surface area contributed by atoms with Crippen LogP contribution < -0.4 is 5.32 Å². The van der Waals surface area contributed by atoms with Gasteiger partial charge in [-0.2, -0.15) is 0 Å². The number of nitrogens with one attached hydrogen (secondary N) is 1. The van der Waals surface area contributed by atoms with Crippen LogP contribution in [0.5, 0.6) is 0 Å². The van der Waals surface area contributed by atoms with Crippen LogP contribution in [0.4, 0.5) is 0 Å². The molecule has 0 spiro atoms. The second-order valence-electron chi connectivity index (χ2n) is 5.56. The van der Waals surface area contributed by atoms with Crippen molar-refractivity contribution in [2.24, 2.45) is 0 Å². The highest BCUT2D eigenvalue weighted by atomic mass is 35.5. The maximum atomic E-state index is 12.4. The number of hydrogen-bond donors (Lipinski definition) is 1. The quantitative estimate of drug-likeness (QED) is 0.913.